The first-order valence-electron chi connectivity index (χ1n) is 7.37. The van der Waals surface area contributed by atoms with Crippen molar-refractivity contribution < 1.29 is 9.53 Å². The van der Waals surface area contributed by atoms with Gasteiger partial charge in [0.2, 0.25) is 5.95 Å². The van der Waals surface area contributed by atoms with Gasteiger partial charge in [0, 0.05) is 29.4 Å². The van der Waals surface area contributed by atoms with Gasteiger partial charge in [0.05, 0.1) is 24.5 Å². The summed E-state index contributed by atoms with van der Waals surface area (Å²) in [7, 11) is 0. The number of morpholine rings is 1. The molecule has 1 saturated heterocycles. The van der Waals surface area contributed by atoms with Gasteiger partial charge >= 0.3 is 0 Å². The molecule has 6 nitrogen and oxygen atoms in total. The zero-order chi connectivity index (χ0) is 16.2. The summed E-state index contributed by atoms with van der Waals surface area (Å²) in [5, 5.41) is 2.86. The molecule has 1 aromatic carbocycles. The van der Waals surface area contributed by atoms with Crippen molar-refractivity contribution in [2.75, 3.05) is 36.5 Å². The maximum Gasteiger partial charge on any atom is 0.259 e. The number of halogens is 1. The molecule has 0 unspecified atom stereocenters. The van der Waals surface area contributed by atoms with Crippen molar-refractivity contribution in [3.05, 3.63) is 46.2 Å². The highest BCUT2D eigenvalue weighted by molar-refractivity contribution is 9.10. The lowest BCUT2D eigenvalue weighted by atomic mass is 10.2. The molecule has 23 heavy (non-hydrogen) atoms. The fourth-order valence-electron chi connectivity index (χ4n) is 2.36. The minimum Gasteiger partial charge on any atom is -0.378 e. The minimum atomic E-state index is -0.214. The Morgan fingerprint density at radius 1 is 1.35 bits per heavy atom. The lowest BCUT2D eigenvalue weighted by Crippen LogP contribution is -2.37. The number of hydrogen-bond acceptors (Lipinski definition) is 5. The largest absolute Gasteiger partial charge is 0.378 e. The van der Waals surface area contributed by atoms with E-state index >= 15 is 0 Å². The number of rotatable bonds is 3. The third-order valence-corrected chi connectivity index (χ3v) is 4.08. The lowest BCUT2D eigenvalue weighted by molar-refractivity contribution is 0.102. The number of hydrogen-bond donors (Lipinski definition) is 1. The summed E-state index contributed by atoms with van der Waals surface area (Å²) in [6, 6.07) is 7.45. The van der Waals surface area contributed by atoms with Crippen LogP contribution in [0.2, 0.25) is 0 Å². The Hall–Kier alpha value is -1.99. The summed E-state index contributed by atoms with van der Waals surface area (Å²) in [5.41, 5.74) is 1.86. The molecule has 0 aliphatic carbocycles. The number of nitrogens with zero attached hydrogens (tertiary/aromatic N) is 3. The third kappa shape index (κ3) is 3.86. The number of anilines is 2. The topological polar surface area (TPSA) is 67.3 Å². The van der Waals surface area contributed by atoms with Crippen molar-refractivity contribution in [3.63, 3.8) is 0 Å². The Morgan fingerprint density at radius 2 is 2.13 bits per heavy atom. The standard InChI is InChI=1S/C16H17BrN4O2/c1-11-14(15(22)20-13-4-2-3-12(17)9-13)10-18-16(19-11)21-5-7-23-8-6-21/h2-4,9-10H,5-8H2,1H3,(H,20,22). The van der Waals surface area contributed by atoms with Gasteiger partial charge in [0.1, 0.15) is 0 Å². The molecular formula is C16H17BrN4O2. The van der Waals surface area contributed by atoms with Crippen LogP contribution in [-0.2, 0) is 4.74 Å². The van der Waals surface area contributed by atoms with Gasteiger partial charge in [-0.15, -0.1) is 0 Å². The number of nitrogens with one attached hydrogen (secondary N) is 1. The van der Waals surface area contributed by atoms with E-state index < -0.39 is 0 Å². The SMILES string of the molecule is Cc1nc(N2CCOCC2)ncc1C(=O)Nc1cccc(Br)c1. The highest BCUT2D eigenvalue weighted by Crippen LogP contribution is 2.18. The van der Waals surface area contributed by atoms with Gasteiger partial charge in [-0.2, -0.15) is 0 Å². The van der Waals surface area contributed by atoms with Crippen molar-refractivity contribution in [1.29, 1.82) is 0 Å². The Kier molecular flexibility index (Phi) is 4.88. The van der Waals surface area contributed by atoms with Gasteiger partial charge in [-0.1, -0.05) is 22.0 Å². The van der Waals surface area contributed by atoms with E-state index in [1.165, 1.54) is 0 Å². The number of carbonyl (C=O) groups is 1. The molecule has 1 fully saturated rings. The number of aromatic nitrogens is 2. The van der Waals surface area contributed by atoms with E-state index in [-0.39, 0.29) is 5.91 Å². The van der Waals surface area contributed by atoms with Crippen LogP contribution in [0.1, 0.15) is 16.1 Å². The van der Waals surface area contributed by atoms with Crippen LogP contribution >= 0.6 is 15.9 Å². The molecule has 2 aromatic rings. The molecule has 3 rings (SSSR count). The van der Waals surface area contributed by atoms with Crippen LogP contribution < -0.4 is 10.2 Å². The molecular weight excluding hydrogens is 360 g/mol. The van der Waals surface area contributed by atoms with Gasteiger partial charge in [0.15, 0.2) is 0 Å². The smallest absolute Gasteiger partial charge is 0.259 e. The molecule has 1 aliphatic rings. The van der Waals surface area contributed by atoms with E-state index in [4.69, 9.17) is 4.74 Å². The first-order valence-corrected chi connectivity index (χ1v) is 8.16. The van der Waals surface area contributed by atoms with Crippen LogP contribution in [0.4, 0.5) is 11.6 Å². The second-order valence-electron chi connectivity index (χ2n) is 5.23. The van der Waals surface area contributed by atoms with E-state index in [2.05, 4.69) is 36.1 Å². The number of aryl methyl sites for hydroxylation is 1. The van der Waals surface area contributed by atoms with Crippen molar-refractivity contribution in [2.24, 2.45) is 0 Å². The highest BCUT2D eigenvalue weighted by atomic mass is 79.9. The summed E-state index contributed by atoms with van der Waals surface area (Å²) in [6.07, 6.45) is 1.58. The number of benzene rings is 1. The van der Waals surface area contributed by atoms with Crippen molar-refractivity contribution >= 4 is 33.5 Å². The molecule has 1 amide bonds. The van der Waals surface area contributed by atoms with E-state index in [0.29, 0.717) is 30.4 Å². The van der Waals surface area contributed by atoms with Crippen LogP contribution in [0, 0.1) is 6.92 Å². The van der Waals surface area contributed by atoms with Crippen LogP contribution in [0.15, 0.2) is 34.9 Å². The van der Waals surface area contributed by atoms with E-state index in [1.807, 2.05) is 31.2 Å². The maximum absolute atomic E-state index is 12.4. The molecule has 1 aromatic heterocycles. The predicted molar refractivity (Wildman–Crippen MR) is 91.9 cm³/mol. The summed E-state index contributed by atoms with van der Waals surface area (Å²) < 4.78 is 6.23. The Bertz CT molecular complexity index is 717. The van der Waals surface area contributed by atoms with Gasteiger partial charge < -0.3 is 15.0 Å². The minimum absolute atomic E-state index is 0.214. The fraction of sp³-hybridized carbons (Fsp3) is 0.312. The average Bonchev–Trinajstić information content (AvgIpc) is 2.55. The predicted octanol–water partition coefficient (Wildman–Crippen LogP) is 2.64. The second-order valence-corrected chi connectivity index (χ2v) is 6.15. The van der Waals surface area contributed by atoms with E-state index in [1.54, 1.807) is 6.20 Å². The van der Waals surface area contributed by atoms with Crippen LogP contribution in [0.25, 0.3) is 0 Å². The molecule has 0 radical (unpaired) electrons. The molecule has 1 aliphatic heterocycles. The molecule has 0 bridgehead atoms. The van der Waals surface area contributed by atoms with Crippen molar-refractivity contribution in [2.45, 2.75) is 6.92 Å². The van der Waals surface area contributed by atoms with Crippen molar-refractivity contribution in [3.8, 4) is 0 Å². The summed E-state index contributed by atoms with van der Waals surface area (Å²) >= 11 is 3.38. The molecule has 7 heteroatoms. The fourth-order valence-corrected chi connectivity index (χ4v) is 2.76. The molecule has 2 heterocycles. The summed E-state index contributed by atoms with van der Waals surface area (Å²) in [6.45, 7) is 4.70. The van der Waals surface area contributed by atoms with E-state index in [0.717, 1.165) is 23.2 Å². The average molecular weight is 377 g/mol. The van der Waals surface area contributed by atoms with E-state index in [9.17, 15) is 4.79 Å². The molecule has 0 atom stereocenters. The lowest BCUT2D eigenvalue weighted by Gasteiger charge is -2.27. The normalized spacial score (nSPS) is 14.6. The van der Waals surface area contributed by atoms with Gasteiger partial charge in [-0.05, 0) is 25.1 Å². The number of amides is 1. The van der Waals surface area contributed by atoms with Crippen molar-refractivity contribution in [1.82, 2.24) is 9.97 Å². The number of carbonyl (C=O) groups excluding carboxylic acids is 1. The van der Waals surface area contributed by atoms with Crippen LogP contribution in [0.3, 0.4) is 0 Å². The zero-order valence-electron chi connectivity index (χ0n) is 12.8. The maximum atomic E-state index is 12.4. The monoisotopic (exact) mass is 376 g/mol. The molecule has 0 spiro atoms. The molecule has 120 valence electrons. The zero-order valence-corrected chi connectivity index (χ0v) is 14.3. The second kappa shape index (κ2) is 7.06. The van der Waals surface area contributed by atoms with Gasteiger partial charge in [-0.3, -0.25) is 4.79 Å². The third-order valence-electron chi connectivity index (χ3n) is 3.59. The summed E-state index contributed by atoms with van der Waals surface area (Å²) in [4.78, 5) is 23.3. The van der Waals surface area contributed by atoms with Crippen LogP contribution in [-0.4, -0.2) is 42.2 Å². The quantitative estimate of drug-likeness (QED) is 0.891. The molecule has 0 saturated carbocycles. The Labute approximate surface area is 143 Å². The van der Waals surface area contributed by atoms with Gasteiger partial charge in [-0.25, -0.2) is 9.97 Å². The Balaban J connectivity index is 1.75. The Morgan fingerprint density at radius 3 is 2.83 bits per heavy atom. The van der Waals surface area contributed by atoms with Crippen LogP contribution in [0.5, 0.6) is 0 Å². The highest BCUT2D eigenvalue weighted by Gasteiger charge is 2.17. The first-order chi connectivity index (χ1) is 11.1. The summed E-state index contributed by atoms with van der Waals surface area (Å²) in [5.74, 6) is 0.430. The molecule has 1 N–H and O–H groups in total. The first kappa shape index (κ1) is 15.9. The van der Waals surface area contributed by atoms with Gasteiger partial charge in [0.25, 0.3) is 5.91 Å². The number of ether oxygens (including phenoxy) is 1.